The molecule has 2 heteroatoms. The molecule has 2 aromatic rings. The summed E-state index contributed by atoms with van der Waals surface area (Å²) in [5.41, 5.74) is 0. The van der Waals surface area contributed by atoms with Crippen LogP contribution < -0.4 is 9.47 Å². The molecular formula is C16H16O2. The lowest BCUT2D eigenvalue weighted by atomic mass is 9.91. The van der Waals surface area contributed by atoms with Gasteiger partial charge in [-0.2, -0.15) is 0 Å². The summed E-state index contributed by atoms with van der Waals surface area (Å²) in [6.07, 6.45) is 2.47. The summed E-state index contributed by atoms with van der Waals surface area (Å²) in [6.45, 7) is 0. The van der Waals surface area contributed by atoms with Gasteiger partial charge in [0.25, 0.3) is 0 Å². The highest BCUT2D eigenvalue weighted by molar-refractivity contribution is 5.23. The summed E-state index contributed by atoms with van der Waals surface area (Å²) in [5.74, 6) is 1.84. The fourth-order valence-corrected chi connectivity index (χ4v) is 2.06. The lowest BCUT2D eigenvalue weighted by molar-refractivity contribution is -0.0196. The van der Waals surface area contributed by atoms with E-state index >= 15 is 0 Å². The van der Waals surface area contributed by atoms with E-state index < -0.39 is 0 Å². The van der Waals surface area contributed by atoms with Crippen LogP contribution in [0.15, 0.2) is 60.7 Å². The predicted octanol–water partition coefficient (Wildman–Crippen LogP) is 3.68. The zero-order valence-corrected chi connectivity index (χ0v) is 10.2. The summed E-state index contributed by atoms with van der Waals surface area (Å²) >= 11 is 0. The molecule has 0 unspecified atom stereocenters. The van der Waals surface area contributed by atoms with Crippen molar-refractivity contribution < 1.29 is 9.47 Å². The Morgan fingerprint density at radius 3 is 1.33 bits per heavy atom. The molecule has 2 nitrogen and oxygen atoms in total. The van der Waals surface area contributed by atoms with E-state index in [1.807, 2.05) is 60.7 Å². The lowest BCUT2D eigenvalue weighted by Crippen LogP contribution is -2.45. The van der Waals surface area contributed by atoms with Crippen LogP contribution in [0, 0.1) is 0 Å². The highest BCUT2D eigenvalue weighted by Crippen LogP contribution is 2.29. The zero-order valence-electron chi connectivity index (χ0n) is 10.2. The molecule has 0 aliphatic heterocycles. The monoisotopic (exact) mass is 240 g/mol. The predicted molar refractivity (Wildman–Crippen MR) is 71.0 cm³/mol. The molecule has 0 radical (unpaired) electrons. The molecule has 3 rings (SSSR count). The molecular weight excluding hydrogens is 224 g/mol. The van der Waals surface area contributed by atoms with Crippen LogP contribution in [0.1, 0.15) is 12.8 Å². The van der Waals surface area contributed by atoms with Gasteiger partial charge in [-0.15, -0.1) is 0 Å². The third-order valence-corrected chi connectivity index (χ3v) is 3.21. The molecule has 1 saturated carbocycles. The first kappa shape index (κ1) is 11.1. The molecule has 2 aromatic carbocycles. The van der Waals surface area contributed by atoms with Gasteiger partial charge in [0.2, 0.25) is 0 Å². The van der Waals surface area contributed by atoms with Gasteiger partial charge in [0, 0.05) is 0 Å². The summed E-state index contributed by atoms with van der Waals surface area (Å²) in [5, 5.41) is 0. The van der Waals surface area contributed by atoms with E-state index in [0.717, 1.165) is 24.3 Å². The van der Waals surface area contributed by atoms with Crippen molar-refractivity contribution in [2.45, 2.75) is 25.0 Å². The summed E-state index contributed by atoms with van der Waals surface area (Å²) in [6, 6.07) is 19.9. The molecule has 0 aromatic heterocycles. The van der Waals surface area contributed by atoms with Crippen LogP contribution in [-0.2, 0) is 0 Å². The number of para-hydroxylation sites is 2. The van der Waals surface area contributed by atoms with Crippen molar-refractivity contribution in [3.05, 3.63) is 60.7 Å². The minimum Gasteiger partial charge on any atom is -0.487 e. The zero-order chi connectivity index (χ0) is 12.2. The maximum Gasteiger partial charge on any atom is 0.136 e. The van der Waals surface area contributed by atoms with Gasteiger partial charge in [-0.25, -0.2) is 0 Å². The maximum absolute atomic E-state index is 5.91. The van der Waals surface area contributed by atoms with Gasteiger partial charge < -0.3 is 9.47 Å². The van der Waals surface area contributed by atoms with Crippen molar-refractivity contribution in [3.63, 3.8) is 0 Å². The first-order valence-corrected chi connectivity index (χ1v) is 6.35. The molecule has 0 heterocycles. The third-order valence-electron chi connectivity index (χ3n) is 3.21. The van der Waals surface area contributed by atoms with Crippen molar-refractivity contribution in [3.8, 4) is 11.5 Å². The molecule has 0 spiro atoms. The molecule has 0 N–H and O–H groups in total. The Balaban J connectivity index is 1.59. The third kappa shape index (κ3) is 2.48. The van der Waals surface area contributed by atoms with Crippen LogP contribution in [-0.4, -0.2) is 12.2 Å². The van der Waals surface area contributed by atoms with Gasteiger partial charge in [0.05, 0.1) is 0 Å². The Bertz CT molecular complexity index is 433. The van der Waals surface area contributed by atoms with Gasteiger partial charge >= 0.3 is 0 Å². The van der Waals surface area contributed by atoms with Gasteiger partial charge in [-0.1, -0.05) is 36.4 Å². The summed E-state index contributed by atoms with van der Waals surface area (Å²) in [7, 11) is 0. The van der Waals surface area contributed by atoms with E-state index in [1.165, 1.54) is 0 Å². The average molecular weight is 240 g/mol. The smallest absolute Gasteiger partial charge is 0.136 e. The Kier molecular flexibility index (Phi) is 3.18. The highest BCUT2D eigenvalue weighted by Gasteiger charge is 2.34. The number of rotatable bonds is 4. The highest BCUT2D eigenvalue weighted by atomic mass is 16.5. The second kappa shape index (κ2) is 5.13. The summed E-state index contributed by atoms with van der Waals surface area (Å²) in [4.78, 5) is 0. The Hall–Kier alpha value is -1.96. The fraction of sp³-hybridized carbons (Fsp3) is 0.250. The van der Waals surface area contributed by atoms with E-state index in [0.29, 0.717) is 0 Å². The van der Waals surface area contributed by atoms with Gasteiger partial charge in [0.1, 0.15) is 23.7 Å². The molecule has 0 saturated heterocycles. The van der Waals surface area contributed by atoms with E-state index in [2.05, 4.69) is 0 Å². The maximum atomic E-state index is 5.91. The van der Waals surface area contributed by atoms with Crippen LogP contribution in [0.2, 0.25) is 0 Å². The van der Waals surface area contributed by atoms with Crippen molar-refractivity contribution >= 4 is 0 Å². The quantitative estimate of drug-likeness (QED) is 0.811. The lowest BCUT2D eigenvalue weighted by Gasteiger charge is -2.36. The molecule has 18 heavy (non-hydrogen) atoms. The average Bonchev–Trinajstić information content (AvgIpc) is 2.43. The van der Waals surface area contributed by atoms with Gasteiger partial charge in [0.15, 0.2) is 0 Å². The van der Waals surface area contributed by atoms with Crippen LogP contribution >= 0.6 is 0 Å². The topological polar surface area (TPSA) is 18.5 Å². The SMILES string of the molecule is c1ccc(O[C@@H]2CC[C@H]2Oc2ccccc2)cc1. The van der Waals surface area contributed by atoms with E-state index in [-0.39, 0.29) is 12.2 Å². The van der Waals surface area contributed by atoms with Crippen LogP contribution in [0.5, 0.6) is 11.5 Å². The number of ether oxygens (including phenoxy) is 2. The molecule has 1 aliphatic rings. The molecule has 92 valence electrons. The normalized spacial score (nSPS) is 22.0. The Morgan fingerprint density at radius 1 is 0.611 bits per heavy atom. The number of hydrogen-bond acceptors (Lipinski definition) is 2. The minimum absolute atomic E-state index is 0.174. The largest absolute Gasteiger partial charge is 0.487 e. The van der Waals surface area contributed by atoms with Gasteiger partial charge in [-0.3, -0.25) is 0 Å². The van der Waals surface area contributed by atoms with Crippen molar-refractivity contribution in [1.82, 2.24) is 0 Å². The van der Waals surface area contributed by atoms with Crippen LogP contribution in [0.3, 0.4) is 0 Å². The Morgan fingerprint density at radius 2 is 1.00 bits per heavy atom. The number of benzene rings is 2. The van der Waals surface area contributed by atoms with Crippen molar-refractivity contribution in [2.24, 2.45) is 0 Å². The standard InChI is InChI=1S/C16H16O2/c1-3-7-13(8-4-1)17-15-11-12-16(15)18-14-9-5-2-6-10-14/h1-10,15-16H,11-12H2/t15-,16-/m1/s1. The molecule has 2 atom stereocenters. The summed E-state index contributed by atoms with van der Waals surface area (Å²) < 4.78 is 11.8. The molecule has 1 aliphatic carbocycles. The van der Waals surface area contributed by atoms with Crippen molar-refractivity contribution in [1.29, 1.82) is 0 Å². The van der Waals surface area contributed by atoms with Crippen LogP contribution in [0.25, 0.3) is 0 Å². The first-order valence-electron chi connectivity index (χ1n) is 6.35. The van der Waals surface area contributed by atoms with E-state index in [9.17, 15) is 0 Å². The second-order valence-corrected chi connectivity index (χ2v) is 4.52. The minimum atomic E-state index is 0.174. The second-order valence-electron chi connectivity index (χ2n) is 4.52. The van der Waals surface area contributed by atoms with E-state index in [4.69, 9.17) is 9.47 Å². The van der Waals surface area contributed by atoms with Crippen LogP contribution in [0.4, 0.5) is 0 Å². The first-order chi connectivity index (χ1) is 8.92. The molecule has 1 fully saturated rings. The van der Waals surface area contributed by atoms with E-state index in [1.54, 1.807) is 0 Å². The van der Waals surface area contributed by atoms with Crippen molar-refractivity contribution in [2.75, 3.05) is 0 Å². The molecule has 0 amide bonds. The molecule has 0 bridgehead atoms. The fourth-order valence-electron chi connectivity index (χ4n) is 2.06. The number of hydrogen-bond donors (Lipinski definition) is 0. The van der Waals surface area contributed by atoms with Gasteiger partial charge in [-0.05, 0) is 37.1 Å². The Labute approximate surface area is 107 Å².